The van der Waals surface area contributed by atoms with E-state index >= 15 is 0 Å². The summed E-state index contributed by atoms with van der Waals surface area (Å²) < 4.78 is 26.2. The molecule has 4 heteroatoms. The van der Waals surface area contributed by atoms with Crippen molar-refractivity contribution in [2.24, 2.45) is 5.92 Å². The first-order valence-electron chi connectivity index (χ1n) is 9.76. The van der Waals surface area contributed by atoms with E-state index in [1.807, 2.05) is 4.90 Å². The van der Waals surface area contributed by atoms with Crippen LogP contribution >= 0.6 is 11.8 Å². The molecule has 0 amide bonds. The van der Waals surface area contributed by atoms with Crippen LogP contribution in [-0.2, 0) is 6.42 Å². The molecule has 0 atom stereocenters. The number of aryl methyl sites for hydroxylation is 1. The Hall–Kier alpha value is -1.39. The van der Waals surface area contributed by atoms with Gasteiger partial charge in [0.25, 0.3) is 5.92 Å². The maximum absolute atomic E-state index is 13.1. The van der Waals surface area contributed by atoms with Gasteiger partial charge in [-0.25, -0.2) is 8.78 Å². The van der Waals surface area contributed by atoms with Crippen LogP contribution < -0.4 is 0 Å². The number of alkyl halides is 2. The Labute approximate surface area is 166 Å². The minimum atomic E-state index is -2.58. The number of thioether (sulfide) groups is 1. The second-order valence-electron chi connectivity index (χ2n) is 7.75. The number of hydrogen-bond donors (Lipinski definition) is 0. The predicted molar refractivity (Wildman–Crippen MR) is 112 cm³/mol. The summed E-state index contributed by atoms with van der Waals surface area (Å²) in [7, 11) is 0. The lowest BCUT2D eigenvalue weighted by molar-refractivity contribution is -0.0225. The average molecular weight is 390 g/mol. The number of piperidine rings is 1. The summed E-state index contributed by atoms with van der Waals surface area (Å²) >= 11 is 1.76. The molecule has 0 aliphatic carbocycles. The van der Waals surface area contributed by atoms with Gasteiger partial charge in [0, 0.05) is 11.8 Å². The fourth-order valence-corrected chi connectivity index (χ4v) is 4.25. The SMILES string of the molecule is CSc1ccc(-c2ccc(CCC3CCN(CC(C)(F)F)CC3)cc2)cc1. The third kappa shape index (κ3) is 6.32. The van der Waals surface area contributed by atoms with Crippen LogP contribution in [0.25, 0.3) is 11.1 Å². The molecule has 1 aliphatic rings. The highest BCUT2D eigenvalue weighted by Gasteiger charge is 2.28. The summed E-state index contributed by atoms with van der Waals surface area (Å²) in [5.41, 5.74) is 3.86. The predicted octanol–water partition coefficient (Wildman–Crippen LogP) is 6.38. The summed E-state index contributed by atoms with van der Waals surface area (Å²) in [6.07, 6.45) is 6.39. The Balaban J connectivity index is 1.46. The third-order valence-electron chi connectivity index (χ3n) is 5.43. The number of likely N-dealkylation sites (tertiary alicyclic amines) is 1. The molecule has 3 rings (SSSR count). The summed E-state index contributed by atoms with van der Waals surface area (Å²) in [6.45, 7) is 2.52. The van der Waals surface area contributed by atoms with E-state index in [0.29, 0.717) is 5.92 Å². The molecule has 146 valence electrons. The van der Waals surface area contributed by atoms with E-state index in [4.69, 9.17) is 0 Å². The summed E-state index contributed by atoms with van der Waals surface area (Å²) in [6, 6.07) is 17.5. The zero-order chi connectivity index (χ0) is 19.3. The van der Waals surface area contributed by atoms with Crippen molar-refractivity contribution in [1.29, 1.82) is 0 Å². The van der Waals surface area contributed by atoms with Crippen LogP contribution in [-0.4, -0.2) is 36.7 Å². The van der Waals surface area contributed by atoms with Gasteiger partial charge in [-0.3, -0.25) is 4.90 Å². The zero-order valence-corrected chi connectivity index (χ0v) is 17.1. The second kappa shape index (κ2) is 9.20. The van der Waals surface area contributed by atoms with E-state index in [0.717, 1.165) is 45.7 Å². The fraction of sp³-hybridized carbons (Fsp3) is 0.478. The van der Waals surface area contributed by atoms with Crippen LogP contribution in [0.1, 0.15) is 31.7 Å². The normalized spacial score (nSPS) is 16.6. The molecule has 1 aliphatic heterocycles. The number of hydrogen-bond acceptors (Lipinski definition) is 2. The molecule has 0 bridgehead atoms. The van der Waals surface area contributed by atoms with Gasteiger partial charge in [0.2, 0.25) is 0 Å². The van der Waals surface area contributed by atoms with Gasteiger partial charge in [-0.15, -0.1) is 11.8 Å². The number of rotatable bonds is 7. The van der Waals surface area contributed by atoms with E-state index in [-0.39, 0.29) is 6.54 Å². The van der Waals surface area contributed by atoms with E-state index in [1.165, 1.54) is 21.6 Å². The monoisotopic (exact) mass is 389 g/mol. The summed E-state index contributed by atoms with van der Waals surface area (Å²) in [4.78, 5) is 3.19. The van der Waals surface area contributed by atoms with Crippen molar-refractivity contribution < 1.29 is 8.78 Å². The number of benzene rings is 2. The van der Waals surface area contributed by atoms with Gasteiger partial charge < -0.3 is 0 Å². The van der Waals surface area contributed by atoms with Crippen molar-refractivity contribution in [2.45, 2.75) is 43.4 Å². The van der Waals surface area contributed by atoms with Gasteiger partial charge >= 0.3 is 0 Å². The van der Waals surface area contributed by atoms with E-state index < -0.39 is 5.92 Å². The van der Waals surface area contributed by atoms with E-state index in [1.54, 1.807) is 11.8 Å². The number of nitrogens with zero attached hydrogens (tertiary/aromatic N) is 1. The lowest BCUT2D eigenvalue weighted by atomic mass is 9.90. The van der Waals surface area contributed by atoms with Gasteiger partial charge in [-0.2, -0.15) is 0 Å². The van der Waals surface area contributed by atoms with Gasteiger partial charge in [0.05, 0.1) is 6.54 Å². The maximum Gasteiger partial charge on any atom is 0.257 e. The Morgan fingerprint density at radius 2 is 1.52 bits per heavy atom. The summed E-state index contributed by atoms with van der Waals surface area (Å²) in [5.74, 6) is -1.92. The van der Waals surface area contributed by atoms with Crippen LogP contribution in [0.5, 0.6) is 0 Å². The Bertz CT molecular complexity index is 699. The van der Waals surface area contributed by atoms with E-state index in [2.05, 4.69) is 54.8 Å². The first kappa shape index (κ1) is 20.3. The van der Waals surface area contributed by atoms with Crippen molar-refractivity contribution in [3.8, 4) is 11.1 Å². The van der Waals surface area contributed by atoms with Crippen molar-refractivity contribution in [2.75, 3.05) is 25.9 Å². The van der Waals surface area contributed by atoms with Crippen LogP contribution in [0, 0.1) is 5.92 Å². The van der Waals surface area contributed by atoms with Crippen molar-refractivity contribution in [3.05, 3.63) is 54.1 Å². The highest BCUT2D eigenvalue weighted by molar-refractivity contribution is 7.98. The molecule has 1 heterocycles. The molecule has 27 heavy (non-hydrogen) atoms. The summed E-state index contributed by atoms with van der Waals surface area (Å²) in [5, 5.41) is 0. The molecule has 0 N–H and O–H groups in total. The lowest BCUT2D eigenvalue weighted by Crippen LogP contribution is -2.40. The molecule has 2 aromatic rings. The minimum Gasteiger partial charge on any atom is -0.297 e. The molecule has 0 unspecified atom stereocenters. The fourth-order valence-electron chi connectivity index (χ4n) is 3.84. The minimum absolute atomic E-state index is 0.0981. The molecule has 0 radical (unpaired) electrons. The molecular formula is C23H29F2NS. The van der Waals surface area contributed by atoms with Gasteiger partial charge in [0.1, 0.15) is 0 Å². The molecule has 2 aromatic carbocycles. The molecule has 1 saturated heterocycles. The van der Waals surface area contributed by atoms with Gasteiger partial charge in [-0.1, -0.05) is 36.4 Å². The Morgan fingerprint density at radius 3 is 2.04 bits per heavy atom. The highest BCUT2D eigenvalue weighted by Crippen LogP contribution is 2.26. The first-order chi connectivity index (χ1) is 12.9. The average Bonchev–Trinajstić information content (AvgIpc) is 2.67. The maximum atomic E-state index is 13.1. The van der Waals surface area contributed by atoms with Crippen LogP contribution in [0.2, 0.25) is 0 Å². The Morgan fingerprint density at radius 1 is 0.963 bits per heavy atom. The van der Waals surface area contributed by atoms with Crippen LogP contribution in [0.4, 0.5) is 8.78 Å². The van der Waals surface area contributed by atoms with Crippen molar-refractivity contribution >= 4 is 11.8 Å². The van der Waals surface area contributed by atoms with E-state index in [9.17, 15) is 8.78 Å². The lowest BCUT2D eigenvalue weighted by Gasteiger charge is -2.33. The topological polar surface area (TPSA) is 3.24 Å². The highest BCUT2D eigenvalue weighted by atomic mass is 32.2. The third-order valence-corrected chi connectivity index (χ3v) is 6.17. The molecule has 0 spiro atoms. The molecule has 1 nitrogen and oxygen atoms in total. The van der Waals surface area contributed by atoms with Crippen molar-refractivity contribution in [1.82, 2.24) is 4.90 Å². The van der Waals surface area contributed by atoms with Crippen LogP contribution in [0.3, 0.4) is 0 Å². The van der Waals surface area contributed by atoms with Crippen LogP contribution in [0.15, 0.2) is 53.4 Å². The second-order valence-corrected chi connectivity index (χ2v) is 8.63. The first-order valence-corrected chi connectivity index (χ1v) is 11.0. The Kier molecular flexibility index (Phi) is 6.93. The molecule has 1 fully saturated rings. The van der Waals surface area contributed by atoms with Crippen molar-refractivity contribution in [3.63, 3.8) is 0 Å². The molecule has 0 aromatic heterocycles. The molecule has 0 saturated carbocycles. The standard InChI is InChI=1S/C23H29F2NS/c1-23(24,25)17-26-15-13-19(14-16-26)4-3-18-5-7-20(8-6-18)21-9-11-22(27-2)12-10-21/h5-12,19H,3-4,13-17H2,1-2H3. The number of halogens is 2. The van der Waals surface area contributed by atoms with Gasteiger partial charge in [-0.05, 0) is 79.8 Å². The smallest absolute Gasteiger partial charge is 0.257 e. The molecular weight excluding hydrogens is 360 g/mol. The quantitative estimate of drug-likeness (QED) is 0.506. The largest absolute Gasteiger partial charge is 0.297 e. The van der Waals surface area contributed by atoms with Gasteiger partial charge in [0.15, 0.2) is 0 Å². The zero-order valence-electron chi connectivity index (χ0n) is 16.3.